The molecule has 0 aliphatic carbocycles. The highest BCUT2D eigenvalue weighted by molar-refractivity contribution is 5.85. The second-order valence-electron chi connectivity index (χ2n) is 3.84. The van der Waals surface area contributed by atoms with Crippen molar-refractivity contribution in [3.8, 4) is 0 Å². The van der Waals surface area contributed by atoms with Crippen LogP contribution in [0.1, 0.15) is 11.3 Å². The summed E-state index contributed by atoms with van der Waals surface area (Å²) < 4.78 is 13.3. The van der Waals surface area contributed by atoms with Crippen LogP contribution < -0.4 is 5.32 Å². The lowest BCUT2D eigenvalue weighted by atomic mass is 10.1. The zero-order valence-corrected chi connectivity index (χ0v) is 10.8. The van der Waals surface area contributed by atoms with Gasteiger partial charge in [0.2, 0.25) is 0 Å². The summed E-state index contributed by atoms with van der Waals surface area (Å²) in [6.45, 7) is 1.47. The number of hydrogen-bond donors (Lipinski definition) is 1. The topological polar surface area (TPSA) is 24.9 Å². The molecule has 96 valence electrons. The van der Waals surface area contributed by atoms with Gasteiger partial charge < -0.3 is 5.32 Å². The van der Waals surface area contributed by atoms with Gasteiger partial charge in [-0.1, -0.05) is 24.3 Å². The predicted molar refractivity (Wildman–Crippen MR) is 73.3 cm³/mol. The summed E-state index contributed by atoms with van der Waals surface area (Å²) in [6, 6.07) is 12.7. The zero-order valence-electron chi connectivity index (χ0n) is 9.97. The maximum atomic E-state index is 13.3. The van der Waals surface area contributed by atoms with Gasteiger partial charge in [-0.05, 0) is 36.7 Å². The molecular formula is C14H16ClFN2. The Morgan fingerprint density at radius 3 is 2.56 bits per heavy atom. The Labute approximate surface area is 113 Å². The standard InChI is InChI=1S/C14H15FN2.ClH/c15-14-7-2-1-5-12(14)8-10-16-11-13-6-3-4-9-17-13;/h1-7,9,16H,8,10-11H2;1H. The minimum absolute atomic E-state index is 0. The fourth-order valence-corrected chi connectivity index (χ4v) is 1.64. The summed E-state index contributed by atoms with van der Waals surface area (Å²) in [5.74, 6) is -0.132. The van der Waals surface area contributed by atoms with Crippen LogP contribution in [0.25, 0.3) is 0 Å². The predicted octanol–water partition coefficient (Wildman–Crippen LogP) is 2.97. The smallest absolute Gasteiger partial charge is 0.126 e. The molecule has 0 bridgehead atoms. The fourth-order valence-electron chi connectivity index (χ4n) is 1.64. The Morgan fingerprint density at radius 1 is 1.06 bits per heavy atom. The van der Waals surface area contributed by atoms with Gasteiger partial charge in [0.15, 0.2) is 0 Å². The molecule has 0 fully saturated rings. The van der Waals surface area contributed by atoms with Crippen molar-refractivity contribution in [3.63, 3.8) is 0 Å². The molecule has 0 saturated heterocycles. The minimum atomic E-state index is -0.132. The van der Waals surface area contributed by atoms with Crippen LogP contribution in [-0.4, -0.2) is 11.5 Å². The highest BCUT2D eigenvalue weighted by atomic mass is 35.5. The van der Waals surface area contributed by atoms with Crippen molar-refractivity contribution in [1.82, 2.24) is 10.3 Å². The molecule has 2 nitrogen and oxygen atoms in total. The van der Waals surface area contributed by atoms with E-state index in [2.05, 4.69) is 10.3 Å². The Morgan fingerprint density at radius 2 is 1.83 bits per heavy atom. The van der Waals surface area contributed by atoms with E-state index in [1.807, 2.05) is 30.3 Å². The molecule has 0 unspecified atom stereocenters. The highest BCUT2D eigenvalue weighted by Crippen LogP contribution is 2.06. The monoisotopic (exact) mass is 266 g/mol. The molecule has 0 radical (unpaired) electrons. The molecule has 1 aromatic heterocycles. The summed E-state index contributed by atoms with van der Waals surface area (Å²) in [5.41, 5.74) is 1.75. The first-order valence-electron chi connectivity index (χ1n) is 5.70. The molecule has 2 aromatic rings. The van der Waals surface area contributed by atoms with Crippen molar-refractivity contribution in [3.05, 3.63) is 65.7 Å². The number of pyridine rings is 1. The van der Waals surface area contributed by atoms with Gasteiger partial charge in [-0.15, -0.1) is 12.4 Å². The van der Waals surface area contributed by atoms with Crippen molar-refractivity contribution in [1.29, 1.82) is 0 Å². The largest absolute Gasteiger partial charge is 0.311 e. The molecule has 1 heterocycles. The lowest BCUT2D eigenvalue weighted by molar-refractivity contribution is 0.596. The Bertz CT molecular complexity index is 462. The van der Waals surface area contributed by atoms with Crippen LogP contribution in [0.5, 0.6) is 0 Å². The molecular weight excluding hydrogens is 251 g/mol. The molecule has 2 rings (SSSR count). The SMILES string of the molecule is Cl.Fc1ccccc1CCNCc1ccccn1. The van der Waals surface area contributed by atoms with Crippen LogP contribution in [0.4, 0.5) is 4.39 Å². The lowest BCUT2D eigenvalue weighted by Crippen LogP contribution is -2.17. The second kappa shape index (κ2) is 7.80. The summed E-state index contributed by atoms with van der Waals surface area (Å²) >= 11 is 0. The van der Waals surface area contributed by atoms with Crippen molar-refractivity contribution < 1.29 is 4.39 Å². The number of rotatable bonds is 5. The molecule has 0 saturated carbocycles. The van der Waals surface area contributed by atoms with Gasteiger partial charge in [0.05, 0.1) is 5.69 Å². The zero-order chi connectivity index (χ0) is 11.9. The minimum Gasteiger partial charge on any atom is -0.311 e. The van der Waals surface area contributed by atoms with Crippen LogP contribution >= 0.6 is 12.4 Å². The molecule has 0 amide bonds. The first-order valence-corrected chi connectivity index (χ1v) is 5.70. The van der Waals surface area contributed by atoms with Crippen molar-refractivity contribution in [2.24, 2.45) is 0 Å². The molecule has 1 N–H and O–H groups in total. The molecule has 0 atom stereocenters. The van der Waals surface area contributed by atoms with E-state index in [1.165, 1.54) is 6.07 Å². The van der Waals surface area contributed by atoms with Crippen molar-refractivity contribution in [2.75, 3.05) is 6.54 Å². The van der Waals surface area contributed by atoms with E-state index in [4.69, 9.17) is 0 Å². The summed E-state index contributed by atoms with van der Waals surface area (Å²) in [6.07, 6.45) is 2.47. The molecule has 0 spiro atoms. The van der Waals surface area contributed by atoms with Gasteiger partial charge in [-0.2, -0.15) is 0 Å². The molecule has 0 aliphatic rings. The van der Waals surface area contributed by atoms with Crippen molar-refractivity contribution in [2.45, 2.75) is 13.0 Å². The Balaban J connectivity index is 0.00000162. The van der Waals surface area contributed by atoms with Gasteiger partial charge >= 0.3 is 0 Å². The average Bonchev–Trinajstić information content (AvgIpc) is 2.38. The van der Waals surface area contributed by atoms with Crippen LogP contribution in [0.15, 0.2) is 48.7 Å². The molecule has 18 heavy (non-hydrogen) atoms. The van der Waals surface area contributed by atoms with E-state index >= 15 is 0 Å². The van der Waals surface area contributed by atoms with Gasteiger partial charge in [0.25, 0.3) is 0 Å². The van der Waals surface area contributed by atoms with Crippen LogP contribution in [0.3, 0.4) is 0 Å². The van der Waals surface area contributed by atoms with E-state index in [0.29, 0.717) is 6.42 Å². The third-order valence-electron chi connectivity index (χ3n) is 2.56. The number of halogens is 2. The summed E-state index contributed by atoms with van der Waals surface area (Å²) in [4.78, 5) is 4.20. The second-order valence-corrected chi connectivity index (χ2v) is 3.84. The first-order chi connectivity index (χ1) is 8.36. The van der Waals surface area contributed by atoms with E-state index in [0.717, 1.165) is 24.3 Å². The van der Waals surface area contributed by atoms with Crippen LogP contribution in [0.2, 0.25) is 0 Å². The maximum absolute atomic E-state index is 13.3. The van der Waals surface area contributed by atoms with E-state index in [9.17, 15) is 4.39 Å². The normalized spacial score (nSPS) is 9.83. The summed E-state index contributed by atoms with van der Waals surface area (Å²) in [7, 11) is 0. The third-order valence-corrected chi connectivity index (χ3v) is 2.56. The fraction of sp³-hybridized carbons (Fsp3) is 0.214. The number of hydrogen-bond acceptors (Lipinski definition) is 2. The maximum Gasteiger partial charge on any atom is 0.126 e. The average molecular weight is 267 g/mol. The van der Waals surface area contributed by atoms with Crippen LogP contribution in [-0.2, 0) is 13.0 Å². The molecule has 4 heteroatoms. The summed E-state index contributed by atoms with van der Waals surface area (Å²) in [5, 5.41) is 3.25. The van der Waals surface area contributed by atoms with E-state index in [1.54, 1.807) is 12.3 Å². The number of nitrogens with zero attached hydrogens (tertiary/aromatic N) is 1. The van der Waals surface area contributed by atoms with Crippen LogP contribution in [0, 0.1) is 5.82 Å². The van der Waals surface area contributed by atoms with Gasteiger partial charge in [-0.25, -0.2) is 4.39 Å². The van der Waals surface area contributed by atoms with E-state index < -0.39 is 0 Å². The molecule has 1 aromatic carbocycles. The van der Waals surface area contributed by atoms with Gasteiger partial charge in [-0.3, -0.25) is 4.98 Å². The lowest BCUT2D eigenvalue weighted by Gasteiger charge is -2.05. The van der Waals surface area contributed by atoms with Gasteiger partial charge in [0.1, 0.15) is 5.82 Å². The number of aromatic nitrogens is 1. The Kier molecular flexibility index (Phi) is 6.33. The number of nitrogens with one attached hydrogen (secondary N) is 1. The highest BCUT2D eigenvalue weighted by Gasteiger charge is 1.99. The quantitative estimate of drug-likeness (QED) is 0.842. The van der Waals surface area contributed by atoms with E-state index in [-0.39, 0.29) is 18.2 Å². The van der Waals surface area contributed by atoms with Crippen molar-refractivity contribution >= 4 is 12.4 Å². The number of benzene rings is 1. The molecule has 0 aliphatic heterocycles. The Hall–Kier alpha value is -1.45. The first kappa shape index (κ1) is 14.6. The van der Waals surface area contributed by atoms with Gasteiger partial charge in [0, 0.05) is 12.7 Å². The third kappa shape index (κ3) is 4.43.